The molecular formula is C69H74N2OS. The molecular weight excluding hydrogens is 905 g/mol. The molecule has 2 atom stereocenters. The Kier molecular flexibility index (Phi) is 13.3. The Morgan fingerprint density at radius 2 is 0.863 bits per heavy atom. The van der Waals surface area contributed by atoms with Gasteiger partial charge in [-0.25, -0.2) is 0 Å². The van der Waals surface area contributed by atoms with E-state index in [0.29, 0.717) is 6.61 Å². The van der Waals surface area contributed by atoms with Crippen LogP contribution in [-0.4, -0.2) is 15.4 Å². The van der Waals surface area contributed by atoms with Crippen LogP contribution < -0.4 is 4.74 Å². The molecule has 0 saturated heterocycles. The lowest BCUT2D eigenvalue weighted by molar-refractivity contribution is 0.301. The highest BCUT2D eigenvalue weighted by molar-refractivity contribution is 7.00. The van der Waals surface area contributed by atoms with Gasteiger partial charge in [-0.3, -0.25) is 0 Å². The minimum atomic E-state index is -0.0196. The Bertz CT molecular complexity index is 3370. The number of rotatable bonds is 14. The predicted molar refractivity (Wildman–Crippen MR) is 305 cm³/mol. The summed E-state index contributed by atoms with van der Waals surface area (Å²) in [7, 11) is 0. The van der Waals surface area contributed by atoms with Crippen molar-refractivity contribution in [2.45, 2.75) is 181 Å². The summed E-state index contributed by atoms with van der Waals surface area (Å²) in [5.74, 6) is 16.4. The van der Waals surface area contributed by atoms with Gasteiger partial charge in [0.25, 0.3) is 0 Å². The molecule has 1 aromatic heterocycles. The van der Waals surface area contributed by atoms with Crippen LogP contribution in [-0.2, 0) is 10.8 Å². The van der Waals surface area contributed by atoms with E-state index < -0.39 is 0 Å². The van der Waals surface area contributed by atoms with Gasteiger partial charge in [0.15, 0.2) is 0 Å². The highest BCUT2D eigenvalue weighted by Crippen LogP contribution is 2.64. The molecule has 73 heavy (non-hydrogen) atoms. The average molecular weight is 979 g/mol. The number of unbranched alkanes of at least 4 members (excludes halogenated alkanes) is 11. The molecule has 0 fully saturated rings. The second kappa shape index (κ2) is 19.7. The average Bonchev–Trinajstić information content (AvgIpc) is 3.88. The molecule has 0 amide bonds. The van der Waals surface area contributed by atoms with Crippen molar-refractivity contribution in [1.29, 1.82) is 0 Å². The largest absolute Gasteiger partial charge is 0.493 e. The minimum Gasteiger partial charge on any atom is -0.493 e. The predicted octanol–water partition coefficient (Wildman–Crippen LogP) is 17.7. The molecule has 1 heterocycles. The summed E-state index contributed by atoms with van der Waals surface area (Å²) in [5.41, 5.74) is 26.4. The second-order valence-corrected chi connectivity index (χ2v) is 24.4. The monoisotopic (exact) mass is 979 g/mol. The Labute approximate surface area is 441 Å². The van der Waals surface area contributed by atoms with Crippen LogP contribution in [0.4, 0.5) is 0 Å². The van der Waals surface area contributed by atoms with Crippen molar-refractivity contribution in [2.75, 3.05) is 6.61 Å². The molecule has 0 unspecified atom stereocenters. The van der Waals surface area contributed by atoms with Crippen molar-refractivity contribution in [3.63, 3.8) is 0 Å². The summed E-state index contributed by atoms with van der Waals surface area (Å²) in [6.07, 6.45) is 15.8. The molecule has 0 radical (unpaired) electrons. The molecule has 7 aromatic rings. The number of nitrogens with zero attached hydrogens (tertiary/aromatic N) is 2. The third-order valence-corrected chi connectivity index (χ3v) is 17.7. The van der Waals surface area contributed by atoms with Crippen LogP contribution >= 0.6 is 11.7 Å². The highest BCUT2D eigenvalue weighted by atomic mass is 32.1. The van der Waals surface area contributed by atoms with Crippen molar-refractivity contribution in [3.8, 4) is 29.4 Å². The van der Waals surface area contributed by atoms with Gasteiger partial charge in [0, 0.05) is 45.9 Å². The first-order valence-corrected chi connectivity index (χ1v) is 28.6. The molecule has 372 valence electrons. The van der Waals surface area contributed by atoms with Crippen LogP contribution in [0.2, 0.25) is 0 Å². The number of aryl methyl sites for hydroxylation is 1. The van der Waals surface area contributed by atoms with Gasteiger partial charge in [-0.2, -0.15) is 8.75 Å². The Morgan fingerprint density at radius 1 is 0.466 bits per heavy atom. The first kappa shape index (κ1) is 49.3. The number of aromatic nitrogens is 2. The minimum absolute atomic E-state index is 0.00435. The van der Waals surface area contributed by atoms with Crippen LogP contribution in [0.25, 0.3) is 11.0 Å². The maximum atomic E-state index is 6.82. The summed E-state index contributed by atoms with van der Waals surface area (Å²) in [6, 6.07) is 33.2. The fourth-order valence-electron chi connectivity index (χ4n) is 13.4. The highest BCUT2D eigenvalue weighted by Gasteiger charge is 2.51. The zero-order chi connectivity index (χ0) is 50.8. The molecule has 6 aliphatic carbocycles. The quantitative estimate of drug-likeness (QED) is 0.0804. The number of ether oxygens (including phenoxy) is 1. The van der Waals surface area contributed by atoms with E-state index in [2.05, 4.69) is 171 Å². The van der Waals surface area contributed by atoms with Crippen molar-refractivity contribution < 1.29 is 4.74 Å². The van der Waals surface area contributed by atoms with Gasteiger partial charge >= 0.3 is 0 Å². The van der Waals surface area contributed by atoms with Crippen LogP contribution in [0.1, 0.15) is 262 Å². The van der Waals surface area contributed by atoms with E-state index in [1.54, 1.807) is 0 Å². The smallest absolute Gasteiger partial charge is 0.128 e. The van der Waals surface area contributed by atoms with Crippen molar-refractivity contribution >= 4 is 22.8 Å². The maximum Gasteiger partial charge on any atom is 0.128 e. The molecule has 0 N–H and O–H groups in total. The zero-order valence-corrected chi connectivity index (χ0v) is 46.1. The van der Waals surface area contributed by atoms with Gasteiger partial charge in [-0.15, -0.1) is 5.92 Å². The van der Waals surface area contributed by atoms with Crippen LogP contribution in [0.15, 0.2) is 84.9 Å². The van der Waals surface area contributed by atoms with Gasteiger partial charge < -0.3 is 4.74 Å². The van der Waals surface area contributed by atoms with E-state index in [9.17, 15) is 0 Å². The molecule has 0 spiro atoms. The molecule has 4 heteroatoms. The Morgan fingerprint density at radius 3 is 1.32 bits per heavy atom. The molecule has 4 bridgehead atoms. The summed E-state index contributed by atoms with van der Waals surface area (Å²) < 4.78 is 16.7. The standard InChI is InChI=1S/C69H74N2OS/c1-11-13-14-15-16-17-18-19-20-21-22-27-39-72-67-42(3)46(66-65(43(67)4)70-73-71-66)37-38-54-63-58-49-31-25-23-29-47(49)57(48-30-24-26-32-50(48)58)61(63)53(28-12-2)62-59-51-35-33-45(69(8,9)10)41-56(51)60(64(54)62)52-36-34-44(40-55(52)59)68(5,6)7/h23-26,29-36,40-41,57-60H,11,13-22,27,39H2,1-10H3/t57?,58?,59-,60+/m1/s1. The number of hydrogen-bond acceptors (Lipinski definition) is 4. The Balaban J connectivity index is 1.08. The first-order valence-electron chi connectivity index (χ1n) is 27.9. The van der Waals surface area contributed by atoms with Gasteiger partial charge in [-0.05, 0) is 116 Å². The first-order chi connectivity index (χ1) is 35.3. The number of fused-ring (bicyclic) bond motifs is 1. The fraction of sp³-hybridized carbons (Fsp3) is 0.420. The summed E-state index contributed by atoms with van der Waals surface area (Å²) in [4.78, 5) is 0. The number of hydrogen-bond donors (Lipinski definition) is 0. The van der Waals surface area contributed by atoms with Crippen LogP contribution in [0, 0.1) is 37.5 Å². The molecule has 0 aliphatic heterocycles. The summed E-state index contributed by atoms with van der Waals surface area (Å²) in [5, 5.41) is 0. The van der Waals surface area contributed by atoms with Crippen LogP contribution in [0.3, 0.4) is 0 Å². The molecule has 3 nitrogen and oxygen atoms in total. The fourth-order valence-corrected chi connectivity index (χ4v) is 14.0. The lowest BCUT2D eigenvalue weighted by Crippen LogP contribution is -2.35. The second-order valence-electron chi connectivity index (χ2n) is 23.9. The number of benzene rings is 6. The summed E-state index contributed by atoms with van der Waals surface area (Å²) in [6.45, 7) is 23.4. The molecule has 13 rings (SSSR count). The third-order valence-electron chi connectivity index (χ3n) is 17.1. The van der Waals surface area contributed by atoms with Crippen molar-refractivity contribution in [1.82, 2.24) is 8.75 Å². The Hall–Kier alpha value is -5.94. The molecule has 6 aromatic carbocycles. The maximum absolute atomic E-state index is 6.82. The van der Waals surface area contributed by atoms with Gasteiger partial charge in [0.05, 0.1) is 23.9 Å². The van der Waals surface area contributed by atoms with E-state index in [-0.39, 0.29) is 34.5 Å². The summed E-state index contributed by atoms with van der Waals surface area (Å²) >= 11 is 1.28. The van der Waals surface area contributed by atoms with Gasteiger partial charge in [0.2, 0.25) is 0 Å². The lowest BCUT2D eigenvalue weighted by Gasteiger charge is -2.49. The van der Waals surface area contributed by atoms with E-state index in [4.69, 9.17) is 13.5 Å². The van der Waals surface area contributed by atoms with E-state index in [0.717, 1.165) is 45.5 Å². The van der Waals surface area contributed by atoms with Crippen LogP contribution in [0.5, 0.6) is 5.75 Å². The zero-order valence-electron chi connectivity index (χ0n) is 45.3. The molecule has 6 aliphatic rings. The SMILES string of the molecule is CC#Cc1c2c(c(C#Cc3c(C)c(OCCCCCCCCCCCCCC)c(C)c4nsnc34)c3c1[C@@H]1c4ccc(C(C)(C)C)cc4[C@@H]3c3ccc(C(C)(C)C)cc31)C1c3ccccc3C2c2ccccc21. The van der Waals surface area contributed by atoms with E-state index in [1.165, 1.54) is 166 Å². The van der Waals surface area contributed by atoms with Gasteiger partial charge in [0.1, 0.15) is 16.8 Å². The normalized spacial score (nSPS) is 17.4. The topological polar surface area (TPSA) is 35.0 Å². The van der Waals surface area contributed by atoms with E-state index >= 15 is 0 Å². The molecule has 0 saturated carbocycles. The van der Waals surface area contributed by atoms with Gasteiger partial charge in [-0.1, -0.05) is 222 Å². The van der Waals surface area contributed by atoms with Crippen molar-refractivity contribution in [2.24, 2.45) is 0 Å². The lowest BCUT2D eigenvalue weighted by atomic mass is 9.53. The van der Waals surface area contributed by atoms with Crippen molar-refractivity contribution in [3.05, 3.63) is 191 Å². The third kappa shape index (κ3) is 8.46. The van der Waals surface area contributed by atoms with E-state index in [1.807, 2.05) is 6.92 Å².